The molecule has 21 rings (SSSR count). The summed E-state index contributed by atoms with van der Waals surface area (Å²) in [4.78, 5) is 25.6. The van der Waals surface area contributed by atoms with Gasteiger partial charge in [-0.15, -0.1) is 0 Å². The highest BCUT2D eigenvalue weighted by Crippen LogP contribution is 2.51. The van der Waals surface area contributed by atoms with E-state index >= 15 is 4.79 Å². The van der Waals surface area contributed by atoms with Crippen LogP contribution in [0, 0.1) is 0 Å². The van der Waals surface area contributed by atoms with E-state index in [1.165, 1.54) is 32.8 Å². The third-order valence-electron chi connectivity index (χ3n) is 19.7. The molecule has 388 valence electrons. The molecule has 0 bridgehead atoms. The Labute approximate surface area is 489 Å². The molecule has 12 aromatic carbocycles. The number of benzene rings is 12. The summed E-state index contributed by atoms with van der Waals surface area (Å²) >= 11 is 0. The zero-order valence-corrected chi connectivity index (χ0v) is 45.3. The smallest absolute Gasteiger partial charge is 0.256 e. The molecule has 0 saturated heterocycles. The number of anilines is 12. The molecule has 0 atom stereocenters. The third-order valence-corrected chi connectivity index (χ3v) is 19.7. The standard InChI is InChI=1S/C73H40B4N4O4/c82-73-43-35-51-63(84-65-37-59-67-71-69(65)76(51)49-27-11-17-33-57(49)80(71)55-31-15-9-25-47(55)74(67)45-23-7-13-29-53(45)78(59)41-19-3-1-4-20-41)39-61(43)83-62-40-64-52(36-44(62)73)77-50-28-12-18-34-58(50)81-56-32-16-10-26-48(56)75-46-24-8-14-30-54(46)79(42-21-5-2-6-22-42)60-38-66(85-64)70(77)72(81)68(60)75/h1-40H. The van der Waals surface area contributed by atoms with Gasteiger partial charge in [0.2, 0.25) is 0 Å². The van der Waals surface area contributed by atoms with Gasteiger partial charge in [0.05, 0.1) is 10.8 Å². The highest BCUT2D eigenvalue weighted by atomic mass is 16.5. The number of fused-ring (bicyclic) bond motifs is 22. The first-order valence-electron chi connectivity index (χ1n) is 29.3. The summed E-state index contributed by atoms with van der Waals surface area (Å²) in [5.41, 5.74) is 28.1. The van der Waals surface area contributed by atoms with E-state index in [1.807, 2.05) is 12.1 Å². The van der Waals surface area contributed by atoms with Crippen LogP contribution in [0.1, 0.15) is 0 Å². The number of hydrogen-bond acceptors (Lipinski definition) is 8. The molecule has 9 heterocycles. The van der Waals surface area contributed by atoms with E-state index in [1.54, 1.807) is 0 Å². The van der Waals surface area contributed by atoms with Gasteiger partial charge in [-0.2, -0.15) is 0 Å². The molecular weight excluding hydrogens is 1040 g/mol. The largest absolute Gasteiger partial charge is 0.458 e. The lowest BCUT2D eigenvalue weighted by atomic mass is 9.29. The average molecular weight is 1080 g/mol. The lowest BCUT2D eigenvalue weighted by Crippen LogP contribution is -2.68. The molecule has 0 saturated carbocycles. The Bertz CT molecular complexity index is 4980. The zero-order chi connectivity index (χ0) is 55.1. The monoisotopic (exact) mass is 1080 g/mol. The Morgan fingerprint density at radius 2 is 0.576 bits per heavy atom. The van der Waals surface area contributed by atoms with Crippen molar-refractivity contribution in [2.24, 2.45) is 0 Å². The summed E-state index contributed by atoms with van der Waals surface area (Å²) in [6.45, 7) is -0.582. The normalized spacial score (nSPS) is 14.6. The molecule has 8 nitrogen and oxygen atoms in total. The van der Waals surface area contributed by atoms with Crippen molar-refractivity contribution >= 4 is 183 Å². The summed E-state index contributed by atoms with van der Waals surface area (Å²) in [6.07, 6.45) is 0. The van der Waals surface area contributed by atoms with E-state index in [9.17, 15) is 0 Å². The molecule has 12 heteroatoms. The van der Waals surface area contributed by atoms with Gasteiger partial charge < -0.3 is 33.5 Å². The van der Waals surface area contributed by atoms with Crippen molar-refractivity contribution in [1.29, 1.82) is 0 Å². The Balaban J connectivity index is 0.787. The quantitative estimate of drug-likeness (QED) is 0.126. The molecule has 85 heavy (non-hydrogen) atoms. The van der Waals surface area contributed by atoms with Crippen molar-refractivity contribution in [1.82, 2.24) is 0 Å². The van der Waals surface area contributed by atoms with Crippen molar-refractivity contribution in [3.8, 4) is 23.0 Å². The van der Waals surface area contributed by atoms with Crippen LogP contribution in [0.4, 0.5) is 68.2 Å². The maximum absolute atomic E-state index is 15.9. The molecular formula is C73H40B4N4O4. The van der Waals surface area contributed by atoms with Crippen LogP contribution in [0.25, 0.3) is 21.9 Å². The Hall–Kier alpha value is -10.8. The lowest BCUT2D eigenvalue weighted by Gasteiger charge is -2.49. The highest BCUT2D eigenvalue weighted by molar-refractivity contribution is 7.05. The van der Waals surface area contributed by atoms with Crippen molar-refractivity contribution < 1.29 is 13.9 Å². The van der Waals surface area contributed by atoms with Gasteiger partial charge in [-0.1, -0.05) is 146 Å². The molecule has 0 N–H and O–H groups in total. The van der Waals surface area contributed by atoms with Gasteiger partial charge in [0.25, 0.3) is 26.9 Å². The fourth-order valence-electron chi connectivity index (χ4n) is 16.5. The predicted molar refractivity (Wildman–Crippen MR) is 350 cm³/mol. The molecule has 8 aliphatic rings. The summed E-state index contributed by atoms with van der Waals surface area (Å²) in [5.74, 6) is 2.88. The second-order valence-corrected chi connectivity index (χ2v) is 23.6. The van der Waals surface area contributed by atoms with E-state index in [4.69, 9.17) is 13.9 Å². The number of rotatable bonds is 2. The molecule has 13 aromatic rings. The first-order chi connectivity index (χ1) is 42.1. The van der Waals surface area contributed by atoms with E-state index < -0.39 is 0 Å². The lowest BCUT2D eigenvalue weighted by molar-refractivity contribution is 0.485. The van der Waals surface area contributed by atoms with Gasteiger partial charge in [0.15, 0.2) is 5.43 Å². The first kappa shape index (κ1) is 44.8. The number of ether oxygens (including phenoxy) is 2. The van der Waals surface area contributed by atoms with E-state index in [2.05, 4.69) is 250 Å². The van der Waals surface area contributed by atoms with Crippen molar-refractivity contribution in [2.75, 3.05) is 19.6 Å². The van der Waals surface area contributed by atoms with Crippen LogP contribution >= 0.6 is 0 Å². The van der Waals surface area contributed by atoms with Crippen LogP contribution < -0.4 is 100 Å². The SMILES string of the molecule is O=c1c2cc3c(cc2oc2cc4c(cc12)B1c2ccccc2N2c5ccccc5B5c6ccccc6N(c6ccccc6)c6cc(c1c2c65)O4)Oc1cc2c4c5c1B3c1ccccc1N5c1ccccc1B4c1ccccc1N2c1ccccc1. The van der Waals surface area contributed by atoms with Gasteiger partial charge in [0.1, 0.15) is 34.2 Å². The molecule has 0 aliphatic carbocycles. The van der Waals surface area contributed by atoms with Crippen LogP contribution in [-0.2, 0) is 0 Å². The molecule has 0 unspecified atom stereocenters. The Morgan fingerprint density at radius 3 is 0.929 bits per heavy atom. The van der Waals surface area contributed by atoms with E-state index in [-0.39, 0.29) is 32.3 Å². The zero-order valence-electron chi connectivity index (χ0n) is 45.3. The van der Waals surface area contributed by atoms with Crippen molar-refractivity contribution in [3.05, 3.63) is 253 Å². The summed E-state index contributed by atoms with van der Waals surface area (Å²) in [7, 11) is 0. The van der Waals surface area contributed by atoms with Gasteiger partial charge >= 0.3 is 0 Å². The summed E-state index contributed by atoms with van der Waals surface area (Å²) < 4.78 is 21.8. The molecule has 8 aliphatic heterocycles. The number of nitrogens with zero attached hydrogens (tertiary/aromatic N) is 4. The molecule has 0 fully saturated rings. The minimum Gasteiger partial charge on any atom is -0.458 e. The van der Waals surface area contributed by atoms with E-state index in [0.29, 0.717) is 33.4 Å². The van der Waals surface area contributed by atoms with Gasteiger partial charge in [-0.3, -0.25) is 4.79 Å². The van der Waals surface area contributed by atoms with Crippen LogP contribution in [-0.4, -0.2) is 26.9 Å². The van der Waals surface area contributed by atoms with Crippen LogP contribution in [0.15, 0.2) is 252 Å². The highest BCUT2D eigenvalue weighted by Gasteiger charge is 2.53. The van der Waals surface area contributed by atoms with Gasteiger partial charge in [-0.25, -0.2) is 0 Å². The average Bonchev–Trinajstić information content (AvgIpc) is 1.32. The number of para-hydroxylation sites is 8. The summed E-state index contributed by atoms with van der Waals surface area (Å²) in [5, 5.41) is 1.01. The fourth-order valence-corrected chi connectivity index (χ4v) is 16.5. The maximum Gasteiger partial charge on any atom is 0.256 e. The topological polar surface area (TPSA) is 61.6 Å². The second-order valence-electron chi connectivity index (χ2n) is 23.6. The molecule has 0 radical (unpaired) electrons. The molecule has 1 aromatic heterocycles. The third kappa shape index (κ3) is 5.52. The van der Waals surface area contributed by atoms with Gasteiger partial charge in [0, 0.05) is 92.5 Å². The van der Waals surface area contributed by atoms with Crippen LogP contribution in [0.2, 0.25) is 0 Å². The minimum atomic E-state index is -0.254. The molecule has 0 amide bonds. The Morgan fingerprint density at radius 1 is 0.271 bits per heavy atom. The van der Waals surface area contributed by atoms with Crippen LogP contribution in [0.5, 0.6) is 23.0 Å². The van der Waals surface area contributed by atoms with Gasteiger partial charge in [-0.05, 0) is 138 Å². The molecule has 0 spiro atoms. The van der Waals surface area contributed by atoms with Crippen molar-refractivity contribution in [2.45, 2.75) is 0 Å². The van der Waals surface area contributed by atoms with E-state index in [0.717, 1.165) is 113 Å². The first-order valence-corrected chi connectivity index (χ1v) is 29.3. The van der Waals surface area contributed by atoms with Crippen molar-refractivity contribution in [3.63, 3.8) is 0 Å². The number of hydrogen-bond donors (Lipinski definition) is 0. The maximum atomic E-state index is 15.9. The summed E-state index contributed by atoms with van der Waals surface area (Å²) in [6, 6.07) is 87.0. The second kappa shape index (κ2) is 15.8. The van der Waals surface area contributed by atoms with Crippen LogP contribution in [0.3, 0.4) is 0 Å². The predicted octanol–water partition coefficient (Wildman–Crippen LogP) is 8.98. The minimum absolute atomic E-state index is 0.0374. The Kier molecular flexibility index (Phi) is 8.34. The fraction of sp³-hybridized carbons (Fsp3) is 0.